The number of rotatable bonds is 6. The van der Waals surface area contributed by atoms with Gasteiger partial charge in [0.2, 0.25) is 0 Å². The van der Waals surface area contributed by atoms with Crippen molar-refractivity contribution in [2.75, 3.05) is 11.9 Å². The zero-order valence-corrected chi connectivity index (χ0v) is 19.2. The van der Waals surface area contributed by atoms with E-state index in [1.807, 2.05) is 61.7 Å². The number of benzene rings is 1. The van der Waals surface area contributed by atoms with E-state index in [1.165, 1.54) is 11.3 Å². The van der Waals surface area contributed by atoms with Crippen LogP contribution in [0.2, 0.25) is 0 Å². The van der Waals surface area contributed by atoms with Crippen LogP contribution in [0.1, 0.15) is 45.0 Å². The highest BCUT2D eigenvalue weighted by Gasteiger charge is 2.24. The highest BCUT2D eigenvalue weighted by Crippen LogP contribution is 2.35. The molecule has 4 aromatic rings. The molecule has 0 aliphatic carbocycles. The summed E-state index contributed by atoms with van der Waals surface area (Å²) in [5.41, 5.74) is 3.39. The quantitative estimate of drug-likeness (QED) is 0.349. The van der Waals surface area contributed by atoms with E-state index in [0.29, 0.717) is 22.5 Å². The van der Waals surface area contributed by atoms with Crippen LogP contribution in [0.3, 0.4) is 0 Å². The molecule has 7 heteroatoms. The molecule has 0 unspecified atom stereocenters. The van der Waals surface area contributed by atoms with Crippen LogP contribution in [-0.2, 0) is 11.2 Å². The maximum absolute atomic E-state index is 13.4. The number of anilines is 1. The molecule has 5 nitrogen and oxygen atoms in total. The molecular formula is C24H22N2O3S2. The first kappa shape index (κ1) is 21.2. The number of nitrogens with zero attached hydrogens (tertiary/aromatic N) is 1. The lowest BCUT2D eigenvalue weighted by Crippen LogP contribution is -2.16. The average Bonchev–Trinajstić information content (AvgIpc) is 3.41. The summed E-state index contributed by atoms with van der Waals surface area (Å²) in [5.74, 6) is -0.677. The van der Waals surface area contributed by atoms with Crippen molar-refractivity contribution >= 4 is 50.5 Å². The number of nitrogens with one attached hydrogen (secondary N) is 1. The predicted octanol–water partition coefficient (Wildman–Crippen LogP) is 6.32. The lowest BCUT2D eigenvalue weighted by atomic mass is 10.1. The van der Waals surface area contributed by atoms with E-state index in [1.54, 1.807) is 18.3 Å². The van der Waals surface area contributed by atoms with Crippen molar-refractivity contribution in [3.63, 3.8) is 0 Å². The molecule has 0 radical (unpaired) electrons. The van der Waals surface area contributed by atoms with Crippen molar-refractivity contribution in [3.05, 3.63) is 69.4 Å². The van der Waals surface area contributed by atoms with Crippen LogP contribution in [0.4, 0.5) is 5.00 Å². The monoisotopic (exact) mass is 450 g/mol. The van der Waals surface area contributed by atoms with Gasteiger partial charge < -0.3 is 10.1 Å². The Hall–Kier alpha value is -3.03. The lowest BCUT2D eigenvalue weighted by Gasteiger charge is -2.11. The zero-order chi connectivity index (χ0) is 22.0. The smallest absolute Gasteiger partial charge is 0.341 e. The second kappa shape index (κ2) is 8.99. The first-order valence-corrected chi connectivity index (χ1v) is 11.8. The minimum atomic E-state index is -0.405. The number of ether oxygens (including phenoxy) is 1. The Kier molecular flexibility index (Phi) is 6.15. The van der Waals surface area contributed by atoms with Crippen molar-refractivity contribution in [3.8, 4) is 10.6 Å². The second-order valence-electron chi connectivity index (χ2n) is 6.92. The highest BCUT2D eigenvalue weighted by atomic mass is 32.1. The van der Waals surface area contributed by atoms with E-state index in [2.05, 4.69) is 5.32 Å². The number of pyridine rings is 1. The van der Waals surface area contributed by atoms with Crippen LogP contribution in [0.15, 0.2) is 47.8 Å². The van der Waals surface area contributed by atoms with E-state index in [-0.39, 0.29) is 12.5 Å². The molecule has 3 heterocycles. The van der Waals surface area contributed by atoms with Crippen molar-refractivity contribution in [1.82, 2.24) is 4.98 Å². The summed E-state index contributed by atoms with van der Waals surface area (Å²) in [6, 6.07) is 13.3. The Labute approximate surface area is 188 Å². The number of carbonyl (C=O) groups excluding carboxylic acids is 2. The maximum Gasteiger partial charge on any atom is 0.341 e. The molecule has 0 fully saturated rings. The minimum Gasteiger partial charge on any atom is -0.462 e. The number of aromatic nitrogens is 1. The first-order chi connectivity index (χ1) is 15.0. The molecular weight excluding hydrogens is 428 g/mol. The van der Waals surface area contributed by atoms with Crippen molar-refractivity contribution in [1.29, 1.82) is 0 Å². The third-order valence-electron chi connectivity index (χ3n) is 5.00. The third-order valence-corrected chi connectivity index (χ3v) is 6.96. The molecule has 158 valence electrons. The van der Waals surface area contributed by atoms with Crippen LogP contribution in [0.5, 0.6) is 0 Å². The molecule has 1 N–H and O–H groups in total. The standard InChI is InChI=1S/C24H22N2O3S2/c1-4-15-14(3)31-23(21(15)24(28)29-5-2)26-22(27)17-13-19(20-11-8-12-30-20)25-18-10-7-6-9-16(17)18/h6-13H,4-5H2,1-3H3,(H,26,27). The van der Waals surface area contributed by atoms with Gasteiger partial charge in [-0.25, -0.2) is 9.78 Å². The molecule has 0 aliphatic rings. The van der Waals surface area contributed by atoms with Gasteiger partial charge in [-0.1, -0.05) is 31.2 Å². The number of esters is 1. The summed E-state index contributed by atoms with van der Waals surface area (Å²) >= 11 is 2.98. The number of carbonyl (C=O) groups is 2. The molecule has 0 bridgehead atoms. The highest BCUT2D eigenvalue weighted by molar-refractivity contribution is 7.17. The Morgan fingerprint density at radius 2 is 1.94 bits per heavy atom. The number of aryl methyl sites for hydroxylation is 1. The SMILES string of the molecule is CCOC(=O)c1c(NC(=O)c2cc(-c3cccs3)nc3ccccc23)sc(C)c1CC. The van der Waals surface area contributed by atoms with Crippen molar-refractivity contribution in [2.24, 2.45) is 0 Å². The fourth-order valence-corrected chi connectivity index (χ4v) is 5.41. The number of para-hydroxylation sites is 1. The predicted molar refractivity (Wildman–Crippen MR) is 127 cm³/mol. The van der Waals surface area contributed by atoms with Gasteiger partial charge in [-0.05, 0) is 49.4 Å². The van der Waals surface area contributed by atoms with E-state index in [4.69, 9.17) is 9.72 Å². The van der Waals surface area contributed by atoms with Gasteiger partial charge in [-0.2, -0.15) is 0 Å². The number of hydrogen-bond donors (Lipinski definition) is 1. The van der Waals surface area contributed by atoms with Crippen molar-refractivity contribution < 1.29 is 14.3 Å². The first-order valence-electron chi connectivity index (χ1n) is 10.1. The number of hydrogen-bond acceptors (Lipinski definition) is 6. The molecule has 4 rings (SSSR count). The topological polar surface area (TPSA) is 68.3 Å². The van der Waals surface area contributed by atoms with Gasteiger partial charge >= 0.3 is 5.97 Å². The molecule has 1 amide bonds. The number of thiophene rings is 2. The zero-order valence-electron chi connectivity index (χ0n) is 17.5. The van der Waals surface area contributed by atoms with Gasteiger partial charge in [-0.15, -0.1) is 22.7 Å². The lowest BCUT2D eigenvalue weighted by molar-refractivity contribution is 0.0527. The van der Waals surface area contributed by atoms with Crippen molar-refractivity contribution in [2.45, 2.75) is 27.2 Å². The summed E-state index contributed by atoms with van der Waals surface area (Å²) in [7, 11) is 0. The average molecular weight is 451 g/mol. The van der Waals surface area contributed by atoms with Gasteiger partial charge in [0.25, 0.3) is 5.91 Å². The molecule has 1 aromatic carbocycles. The Morgan fingerprint density at radius 1 is 1.13 bits per heavy atom. The molecule has 0 spiro atoms. The molecule has 31 heavy (non-hydrogen) atoms. The van der Waals surface area contributed by atoms with E-state index in [0.717, 1.165) is 31.9 Å². The van der Waals surface area contributed by atoms with E-state index >= 15 is 0 Å². The number of amides is 1. The summed E-state index contributed by atoms with van der Waals surface area (Å²) in [6.07, 6.45) is 0.688. The largest absolute Gasteiger partial charge is 0.462 e. The van der Waals surface area contributed by atoms with Gasteiger partial charge in [-0.3, -0.25) is 4.79 Å². The van der Waals surface area contributed by atoms with Crippen LogP contribution < -0.4 is 5.32 Å². The Morgan fingerprint density at radius 3 is 2.65 bits per heavy atom. The summed E-state index contributed by atoms with van der Waals surface area (Å²) in [4.78, 5) is 32.8. The summed E-state index contributed by atoms with van der Waals surface area (Å²) in [5, 5.41) is 6.26. The van der Waals surface area contributed by atoms with E-state index < -0.39 is 5.97 Å². The van der Waals surface area contributed by atoms with E-state index in [9.17, 15) is 9.59 Å². The summed E-state index contributed by atoms with van der Waals surface area (Å²) < 4.78 is 5.26. The minimum absolute atomic E-state index is 0.272. The molecule has 0 aliphatic heterocycles. The van der Waals surface area contributed by atoms with Gasteiger partial charge in [0.05, 0.1) is 33.8 Å². The summed E-state index contributed by atoms with van der Waals surface area (Å²) in [6.45, 7) is 6.01. The van der Waals surface area contributed by atoms with Gasteiger partial charge in [0.1, 0.15) is 5.00 Å². The molecule has 0 saturated heterocycles. The van der Waals surface area contributed by atoms with Crippen LogP contribution in [0, 0.1) is 6.92 Å². The van der Waals surface area contributed by atoms with Crippen LogP contribution >= 0.6 is 22.7 Å². The Bertz CT molecular complexity index is 1260. The fourth-order valence-electron chi connectivity index (χ4n) is 3.60. The van der Waals surface area contributed by atoms with Crippen LogP contribution in [0.25, 0.3) is 21.5 Å². The molecule has 3 aromatic heterocycles. The van der Waals surface area contributed by atoms with Crippen LogP contribution in [-0.4, -0.2) is 23.5 Å². The maximum atomic E-state index is 13.4. The number of fused-ring (bicyclic) bond motifs is 1. The van der Waals surface area contributed by atoms with Gasteiger partial charge in [0, 0.05) is 10.3 Å². The normalized spacial score (nSPS) is 10.9. The molecule has 0 saturated carbocycles. The Balaban J connectivity index is 1.79. The molecule has 0 atom stereocenters. The fraction of sp³-hybridized carbons (Fsp3) is 0.208. The second-order valence-corrected chi connectivity index (χ2v) is 9.09. The third kappa shape index (κ3) is 4.11. The van der Waals surface area contributed by atoms with Gasteiger partial charge in [0.15, 0.2) is 0 Å².